The van der Waals surface area contributed by atoms with Crippen molar-refractivity contribution >= 4 is 31.2 Å². The van der Waals surface area contributed by atoms with E-state index in [-0.39, 0.29) is 18.9 Å². The summed E-state index contributed by atoms with van der Waals surface area (Å²) in [5, 5.41) is -0.744. The second-order valence-corrected chi connectivity index (χ2v) is 11.5. The second-order valence-electron chi connectivity index (χ2n) is 5.78. The molecule has 1 aromatic heterocycles. The van der Waals surface area contributed by atoms with Crippen molar-refractivity contribution in [2.24, 2.45) is 0 Å². The summed E-state index contributed by atoms with van der Waals surface area (Å²) in [6.07, 6.45) is 0.423. The molecule has 0 bridgehead atoms. The molecule has 0 aliphatic carbocycles. The predicted molar refractivity (Wildman–Crippen MR) is 84.5 cm³/mol. The maximum atomic E-state index is 13.0. The fourth-order valence-corrected chi connectivity index (χ4v) is 8.67. The Morgan fingerprint density at radius 2 is 2.09 bits per heavy atom. The van der Waals surface area contributed by atoms with Crippen LogP contribution in [0.25, 0.3) is 0 Å². The maximum absolute atomic E-state index is 13.0. The average Bonchev–Trinajstić information content (AvgIpc) is 2.78. The Hall–Kier alpha value is -0.480. The third-order valence-electron chi connectivity index (χ3n) is 4.24. The van der Waals surface area contributed by atoms with E-state index in [1.54, 1.807) is 6.92 Å². The largest absolute Gasteiger partial charge is 0.380 e. The Morgan fingerprint density at radius 3 is 2.73 bits per heavy atom. The Morgan fingerprint density at radius 1 is 1.36 bits per heavy atom. The van der Waals surface area contributed by atoms with Crippen molar-refractivity contribution in [3.8, 4) is 0 Å². The molecule has 0 amide bonds. The number of hydrogen-bond acceptors (Lipinski definition) is 6. The fraction of sp³-hybridized carbons (Fsp3) is 0.692. The molecule has 0 spiro atoms. The van der Waals surface area contributed by atoms with Gasteiger partial charge in [0.25, 0.3) is 10.0 Å². The normalized spacial score (nSPS) is 29.2. The SMILES string of the molecule is Cc1cc(C)c(S(=O)(=O)N2CCS(=O)(=O)C3COCCC32)s1. The van der Waals surface area contributed by atoms with Gasteiger partial charge in [-0.1, -0.05) is 0 Å². The molecule has 6 nitrogen and oxygen atoms in total. The lowest BCUT2D eigenvalue weighted by Crippen LogP contribution is -2.59. The molecule has 2 unspecified atom stereocenters. The van der Waals surface area contributed by atoms with Crippen LogP contribution >= 0.6 is 11.3 Å². The van der Waals surface area contributed by atoms with Crippen LogP contribution in [0.1, 0.15) is 16.9 Å². The van der Waals surface area contributed by atoms with Crippen LogP contribution in [-0.4, -0.2) is 57.9 Å². The lowest BCUT2D eigenvalue weighted by atomic mass is 10.1. The Kier molecular flexibility index (Phi) is 4.14. The lowest BCUT2D eigenvalue weighted by Gasteiger charge is -2.42. The summed E-state index contributed by atoms with van der Waals surface area (Å²) in [5.74, 6) is -0.139. The summed E-state index contributed by atoms with van der Waals surface area (Å²) in [6, 6.07) is 1.33. The van der Waals surface area contributed by atoms with E-state index in [2.05, 4.69) is 0 Å². The van der Waals surface area contributed by atoms with Gasteiger partial charge in [-0.05, 0) is 31.9 Å². The summed E-state index contributed by atoms with van der Waals surface area (Å²) in [5.41, 5.74) is 0.722. The van der Waals surface area contributed by atoms with Crippen LogP contribution in [0.5, 0.6) is 0 Å². The number of ether oxygens (including phenoxy) is 1. The number of rotatable bonds is 2. The molecular formula is C13H19NO5S3. The van der Waals surface area contributed by atoms with E-state index < -0.39 is 31.2 Å². The first-order valence-corrected chi connectivity index (χ1v) is 11.1. The minimum atomic E-state index is -3.66. The molecule has 2 fully saturated rings. The molecule has 9 heteroatoms. The molecule has 124 valence electrons. The van der Waals surface area contributed by atoms with Gasteiger partial charge in [-0.3, -0.25) is 0 Å². The van der Waals surface area contributed by atoms with E-state index in [1.165, 1.54) is 15.6 Å². The highest BCUT2D eigenvalue weighted by Crippen LogP contribution is 2.34. The molecule has 0 aromatic carbocycles. The molecule has 3 heterocycles. The van der Waals surface area contributed by atoms with Gasteiger partial charge in [0.2, 0.25) is 0 Å². The van der Waals surface area contributed by atoms with Gasteiger partial charge in [-0.2, -0.15) is 4.31 Å². The Bertz CT molecular complexity index is 781. The highest BCUT2D eigenvalue weighted by Gasteiger charge is 2.48. The van der Waals surface area contributed by atoms with Gasteiger partial charge in [0.1, 0.15) is 9.46 Å². The van der Waals surface area contributed by atoms with Crippen LogP contribution in [0.3, 0.4) is 0 Å². The third kappa shape index (κ3) is 2.62. The molecule has 0 radical (unpaired) electrons. The maximum Gasteiger partial charge on any atom is 0.253 e. The van der Waals surface area contributed by atoms with Crippen molar-refractivity contribution in [3.63, 3.8) is 0 Å². The van der Waals surface area contributed by atoms with Gasteiger partial charge in [-0.15, -0.1) is 11.3 Å². The zero-order valence-corrected chi connectivity index (χ0v) is 14.9. The number of sulfonamides is 1. The monoisotopic (exact) mass is 365 g/mol. The van der Waals surface area contributed by atoms with E-state index in [0.717, 1.165) is 10.4 Å². The van der Waals surface area contributed by atoms with Crippen LogP contribution in [-0.2, 0) is 24.6 Å². The average molecular weight is 365 g/mol. The minimum Gasteiger partial charge on any atom is -0.380 e. The van der Waals surface area contributed by atoms with Crippen molar-refractivity contribution < 1.29 is 21.6 Å². The number of sulfone groups is 1. The molecule has 2 aliphatic rings. The summed E-state index contributed by atoms with van der Waals surface area (Å²) in [4.78, 5) is 0.934. The van der Waals surface area contributed by atoms with Crippen molar-refractivity contribution in [1.82, 2.24) is 4.31 Å². The molecule has 0 N–H and O–H groups in total. The standard InChI is InChI=1S/C13H19NO5S3/c1-9-7-10(2)20-13(9)22(17,18)14-4-6-21(15,16)12-8-19-5-3-11(12)14/h7,11-12H,3-6,8H2,1-2H3. The Balaban J connectivity index is 2.02. The summed E-state index contributed by atoms with van der Waals surface area (Å²) in [7, 11) is -6.95. The van der Waals surface area contributed by atoms with Gasteiger partial charge in [0.15, 0.2) is 9.84 Å². The first kappa shape index (κ1) is 16.4. The van der Waals surface area contributed by atoms with Crippen LogP contribution in [0.15, 0.2) is 10.3 Å². The van der Waals surface area contributed by atoms with Gasteiger partial charge in [0, 0.05) is 24.1 Å². The van der Waals surface area contributed by atoms with Gasteiger partial charge in [0.05, 0.1) is 12.4 Å². The first-order valence-electron chi connectivity index (χ1n) is 7.11. The molecule has 2 atom stereocenters. The summed E-state index contributed by atoms with van der Waals surface area (Å²) in [6.45, 7) is 4.15. The number of fused-ring (bicyclic) bond motifs is 1. The van der Waals surface area contributed by atoms with Crippen molar-refractivity contribution in [2.45, 2.75) is 35.8 Å². The minimum absolute atomic E-state index is 0.0300. The molecule has 2 aliphatic heterocycles. The van der Waals surface area contributed by atoms with Crippen molar-refractivity contribution in [2.75, 3.05) is 25.5 Å². The van der Waals surface area contributed by atoms with Crippen LogP contribution < -0.4 is 0 Å². The molecule has 1 aromatic rings. The number of nitrogens with zero attached hydrogens (tertiary/aromatic N) is 1. The molecule has 2 saturated heterocycles. The molecule has 22 heavy (non-hydrogen) atoms. The van der Waals surface area contributed by atoms with Gasteiger partial charge < -0.3 is 4.74 Å². The van der Waals surface area contributed by atoms with Gasteiger partial charge >= 0.3 is 0 Å². The smallest absolute Gasteiger partial charge is 0.253 e. The zero-order valence-electron chi connectivity index (χ0n) is 12.5. The zero-order chi connectivity index (χ0) is 16.1. The molecule has 3 rings (SSSR count). The summed E-state index contributed by atoms with van der Waals surface area (Å²) >= 11 is 1.24. The molecule has 0 saturated carbocycles. The lowest BCUT2D eigenvalue weighted by molar-refractivity contribution is 0.0590. The van der Waals surface area contributed by atoms with Crippen molar-refractivity contribution in [3.05, 3.63) is 16.5 Å². The van der Waals surface area contributed by atoms with E-state index in [9.17, 15) is 16.8 Å². The number of thiophene rings is 1. The van der Waals surface area contributed by atoms with Crippen molar-refractivity contribution in [1.29, 1.82) is 0 Å². The van der Waals surface area contributed by atoms with E-state index >= 15 is 0 Å². The predicted octanol–water partition coefficient (Wildman–Crippen LogP) is 0.942. The quantitative estimate of drug-likeness (QED) is 0.779. The fourth-order valence-electron chi connectivity index (χ4n) is 3.19. The topological polar surface area (TPSA) is 80.8 Å². The van der Waals surface area contributed by atoms with Crippen LogP contribution in [0, 0.1) is 13.8 Å². The number of aryl methyl sites for hydroxylation is 2. The van der Waals surface area contributed by atoms with E-state index in [1.807, 2.05) is 13.0 Å². The van der Waals surface area contributed by atoms with E-state index in [4.69, 9.17) is 4.74 Å². The first-order chi connectivity index (χ1) is 10.2. The number of hydrogen-bond donors (Lipinski definition) is 0. The highest BCUT2D eigenvalue weighted by molar-refractivity contribution is 7.93. The van der Waals surface area contributed by atoms with E-state index in [0.29, 0.717) is 17.2 Å². The second kappa shape index (κ2) is 5.55. The van der Waals surface area contributed by atoms with Gasteiger partial charge in [-0.25, -0.2) is 16.8 Å². The summed E-state index contributed by atoms with van der Waals surface area (Å²) < 4.78 is 57.4. The van der Waals surface area contributed by atoms with Crippen LogP contribution in [0.2, 0.25) is 0 Å². The highest BCUT2D eigenvalue weighted by atomic mass is 32.2. The third-order valence-corrected chi connectivity index (χ3v) is 10.0. The molecular weight excluding hydrogens is 346 g/mol. The van der Waals surface area contributed by atoms with Crippen LogP contribution in [0.4, 0.5) is 0 Å². The Labute approximate surface area is 135 Å².